The molecule has 0 bridgehead atoms. The number of carbonyl (C=O) groups is 1. The van der Waals surface area contributed by atoms with E-state index < -0.39 is 5.82 Å². The first-order valence-corrected chi connectivity index (χ1v) is 7.82. The van der Waals surface area contributed by atoms with Gasteiger partial charge in [0, 0.05) is 4.88 Å². The van der Waals surface area contributed by atoms with Crippen molar-refractivity contribution in [2.45, 2.75) is 0 Å². The molecule has 0 atom stereocenters. The molecule has 2 heterocycles. The maximum atomic E-state index is 13.3. The van der Waals surface area contributed by atoms with Crippen molar-refractivity contribution in [1.82, 2.24) is 0 Å². The first kappa shape index (κ1) is 13.5. The summed E-state index contributed by atoms with van der Waals surface area (Å²) in [6, 6.07) is 9.72. The van der Waals surface area contributed by atoms with Gasteiger partial charge < -0.3 is 0 Å². The third kappa shape index (κ3) is 2.54. The van der Waals surface area contributed by atoms with Crippen molar-refractivity contribution in [2.24, 2.45) is 0 Å². The zero-order valence-corrected chi connectivity index (χ0v) is 12.5. The molecule has 1 aromatic carbocycles. The van der Waals surface area contributed by atoms with Crippen LogP contribution in [0.25, 0.3) is 6.08 Å². The molecule has 1 saturated heterocycles. The van der Waals surface area contributed by atoms with Crippen molar-refractivity contribution < 1.29 is 9.18 Å². The molecule has 0 spiro atoms. The van der Waals surface area contributed by atoms with E-state index in [0.29, 0.717) is 14.9 Å². The van der Waals surface area contributed by atoms with Crippen LogP contribution in [0.15, 0.2) is 46.7 Å². The van der Waals surface area contributed by atoms with Crippen LogP contribution in [-0.2, 0) is 4.79 Å². The number of rotatable bonds is 2. The van der Waals surface area contributed by atoms with E-state index in [2.05, 4.69) is 0 Å². The highest BCUT2D eigenvalue weighted by Crippen LogP contribution is 2.36. The Hall–Kier alpha value is -1.50. The van der Waals surface area contributed by atoms with Gasteiger partial charge in [0.05, 0.1) is 10.6 Å². The number of thioether (sulfide) groups is 1. The van der Waals surface area contributed by atoms with Crippen LogP contribution in [0, 0.1) is 5.82 Å². The van der Waals surface area contributed by atoms with E-state index >= 15 is 0 Å². The van der Waals surface area contributed by atoms with Gasteiger partial charge in [-0.15, -0.1) is 11.3 Å². The van der Waals surface area contributed by atoms with Crippen LogP contribution in [0.1, 0.15) is 4.88 Å². The minimum atomic E-state index is -0.390. The SMILES string of the molecule is O=C1/C(=C\c2cccs2)SC(=S)N1c1cccc(F)c1. The number of thiocarbonyl (C=S) groups is 1. The summed E-state index contributed by atoms with van der Waals surface area (Å²) in [5, 5.41) is 1.94. The second kappa shape index (κ2) is 5.47. The van der Waals surface area contributed by atoms with Crippen LogP contribution < -0.4 is 4.90 Å². The largest absolute Gasteiger partial charge is 0.270 e. The van der Waals surface area contributed by atoms with Crippen molar-refractivity contribution >= 4 is 57.3 Å². The molecule has 0 radical (unpaired) electrons. The van der Waals surface area contributed by atoms with E-state index in [4.69, 9.17) is 12.2 Å². The molecule has 100 valence electrons. The van der Waals surface area contributed by atoms with Crippen molar-refractivity contribution in [3.8, 4) is 0 Å². The third-order valence-electron chi connectivity index (χ3n) is 2.68. The lowest BCUT2D eigenvalue weighted by atomic mass is 10.3. The predicted molar refractivity (Wildman–Crippen MR) is 86.4 cm³/mol. The molecule has 20 heavy (non-hydrogen) atoms. The van der Waals surface area contributed by atoms with E-state index in [9.17, 15) is 9.18 Å². The maximum absolute atomic E-state index is 13.3. The Morgan fingerprint density at radius 2 is 2.10 bits per heavy atom. The Morgan fingerprint density at radius 3 is 2.80 bits per heavy atom. The molecule has 2 aromatic rings. The quantitative estimate of drug-likeness (QED) is 0.608. The highest BCUT2D eigenvalue weighted by molar-refractivity contribution is 8.27. The molecular weight excluding hydrogens is 313 g/mol. The van der Waals surface area contributed by atoms with E-state index in [0.717, 1.165) is 4.88 Å². The lowest BCUT2D eigenvalue weighted by Crippen LogP contribution is -2.27. The molecule has 1 aliphatic heterocycles. The molecule has 0 unspecified atom stereocenters. The summed E-state index contributed by atoms with van der Waals surface area (Å²) < 4.78 is 13.7. The Balaban J connectivity index is 1.95. The molecule has 1 fully saturated rings. The molecule has 1 aliphatic rings. The van der Waals surface area contributed by atoms with Crippen molar-refractivity contribution in [1.29, 1.82) is 0 Å². The maximum Gasteiger partial charge on any atom is 0.270 e. The second-order valence-corrected chi connectivity index (χ2v) is 6.67. The predicted octanol–water partition coefficient (Wildman–Crippen LogP) is 4.29. The topological polar surface area (TPSA) is 20.3 Å². The number of hydrogen-bond donors (Lipinski definition) is 0. The van der Waals surface area contributed by atoms with Gasteiger partial charge in [-0.05, 0) is 35.7 Å². The monoisotopic (exact) mass is 321 g/mol. The van der Waals surface area contributed by atoms with Crippen LogP contribution in [0.5, 0.6) is 0 Å². The van der Waals surface area contributed by atoms with Crippen molar-refractivity contribution in [2.75, 3.05) is 4.90 Å². The summed E-state index contributed by atoms with van der Waals surface area (Å²) in [5.74, 6) is -0.599. The molecule has 1 amide bonds. The average Bonchev–Trinajstić information content (AvgIpc) is 2.99. The molecule has 0 N–H and O–H groups in total. The van der Waals surface area contributed by atoms with Crippen molar-refractivity contribution in [3.05, 3.63) is 57.4 Å². The number of halogens is 1. The van der Waals surface area contributed by atoms with Gasteiger partial charge in [-0.25, -0.2) is 4.39 Å². The van der Waals surface area contributed by atoms with Gasteiger partial charge in [-0.1, -0.05) is 36.1 Å². The van der Waals surface area contributed by atoms with Gasteiger partial charge >= 0.3 is 0 Å². The van der Waals surface area contributed by atoms with E-state index in [1.54, 1.807) is 23.5 Å². The number of nitrogens with zero attached hydrogens (tertiary/aromatic N) is 1. The van der Waals surface area contributed by atoms with Crippen LogP contribution in [-0.4, -0.2) is 10.2 Å². The second-order valence-electron chi connectivity index (χ2n) is 4.01. The minimum Gasteiger partial charge on any atom is -0.268 e. The van der Waals surface area contributed by atoms with E-state index in [1.807, 2.05) is 23.6 Å². The average molecular weight is 321 g/mol. The van der Waals surface area contributed by atoms with Crippen LogP contribution in [0.4, 0.5) is 10.1 Å². The Labute approximate surface area is 128 Å². The van der Waals surface area contributed by atoms with Gasteiger partial charge in [-0.3, -0.25) is 9.69 Å². The molecule has 0 aliphatic carbocycles. The first-order chi connectivity index (χ1) is 9.65. The summed E-state index contributed by atoms with van der Waals surface area (Å²) in [6.45, 7) is 0. The number of hydrogen-bond acceptors (Lipinski definition) is 4. The lowest BCUT2D eigenvalue weighted by molar-refractivity contribution is -0.113. The van der Waals surface area contributed by atoms with Gasteiger partial charge in [-0.2, -0.15) is 0 Å². The number of benzene rings is 1. The number of anilines is 1. The fourth-order valence-electron chi connectivity index (χ4n) is 1.81. The molecule has 2 nitrogen and oxygen atoms in total. The van der Waals surface area contributed by atoms with Gasteiger partial charge in [0.15, 0.2) is 4.32 Å². The van der Waals surface area contributed by atoms with Crippen LogP contribution in [0.3, 0.4) is 0 Å². The van der Waals surface area contributed by atoms with E-state index in [-0.39, 0.29) is 5.91 Å². The fraction of sp³-hybridized carbons (Fsp3) is 0. The van der Waals surface area contributed by atoms with Gasteiger partial charge in [0.2, 0.25) is 0 Å². The van der Waals surface area contributed by atoms with Crippen LogP contribution >= 0.6 is 35.3 Å². The lowest BCUT2D eigenvalue weighted by Gasteiger charge is -2.14. The molecule has 3 rings (SSSR count). The zero-order chi connectivity index (χ0) is 14.1. The Kier molecular flexibility index (Phi) is 3.69. The van der Waals surface area contributed by atoms with Gasteiger partial charge in [0.25, 0.3) is 5.91 Å². The fourth-order valence-corrected chi connectivity index (χ4v) is 3.83. The van der Waals surface area contributed by atoms with E-state index in [1.165, 1.54) is 28.8 Å². The Morgan fingerprint density at radius 1 is 1.25 bits per heavy atom. The molecule has 6 heteroatoms. The highest BCUT2D eigenvalue weighted by Gasteiger charge is 2.33. The molecule has 1 aromatic heterocycles. The standard InChI is InChI=1S/C14H8FNOS3/c15-9-3-1-4-10(7-9)16-13(17)12(20-14(16)18)8-11-5-2-6-19-11/h1-8H/b12-8+. The first-order valence-electron chi connectivity index (χ1n) is 5.72. The number of thiophene rings is 1. The van der Waals surface area contributed by atoms with Crippen LogP contribution in [0.2, 0.25) is 0 Å². The molecular formula is C14H8FNOS3. The normalized spacial score (nSPS) is 17.2. The summed E-state index contributed by atoms with van der Waals surface area (Å²) >= 11 is 8.01. The zero-order valence-electron chi connectivity index (χ0n) is 10.1. The molecule has 0 saturated carbocycles. The van der Waals surface area contributed by atoms with Crippen molar-refractivity contribution in [3.63, 3.8) is 0 Å². The number of amides is 1. The summed E-state index contributed by atoms with van der Waals surface area (Å²) in [7, 11) is 0. The summed E-state index contributed by atoms with van der Waals surface area (Å²) in [6.07, 6.45) is 1.81. The van der Waals surface area contributed by atoms with Gasteiger partial charge in [0.1, 0.15) is 5.82 Å². The smallest absolute Gasteiger partial charge is 0.268 e. The Bertz CT molecular complexity index is 709. The summed E-state index contributed by atoms with van der Waals surface area (Å²) in [5.41, 5.74) is 0.460. The minimum absolute atomic E-state index is 0.209. The number of carbonyl (C=O) groups excluding carboxylic acids is 1. The summed E-state index contributed by atoms with van der Waals surface area (Å²) in [4.78, 5) is 15.3. The third-order valence-corrected chi connectivity index (χ3v) is 4.80. The highest BCUT2D eigenvalue weighted by atomic mass is 32.2.